The first kappa shape index (κ1) is 26.8. The second-order valence-corrected chi connectivity index (χ2v) is 4.17. The molecule has 2 rings (SSSR count). The number of methoxy groups -OCH3 is 1. The van der Waals surface area contributed by atoms with Crippen LogP contribution in [0.2, 0.25) is 0 Å². The van der Waals surface area contributed by atoms with E-state index in [4.69, 9.17) is 18.7 Å². The van der Waals surface area contributed by atoms with Gasteiger partial charge in [-0.15, -0.1) is 0 Å². The molecule has 0 bridgehead atoms. The Morgan fingerprint density at radius 3 is 1.54 bits per heavy atom. The molecule has 2 aromatic rings. The van der Waals surface area contributed by atoms with Gasteiger partial charge in [0.25, 0.3) is 0 Å². The van der Waals surface area contributed by atoms with Crippen LogP contribution in [0.1, 0.15) is 18.1 Å². The van der Waals surface area contributed by atoms with E-state index in [0.717, 1.165) is 16.9 Å². The summed E-state index contributed by atoms with van der Waals surface area (Å²) in [6, 6.07) is 17.1. The molecule has 124 valence electrons. The van der Waals surface area contributed by atoms with Crippen molar-refractivity contribution in [3.8, 4) is 5.75 Å². The molecular formula is C18H16CrO5. The Balaban J connectivity index is -0.000000569. The average Bonchev–Trinajstić information content (AvgIpc) is 2.67. The first-order chi connectivity index (χ1) is 11.1. The summed E-state index contributed by atoms with van der Waals surface area (Å²) < 4.78 is 27.6. The number of hydrogen-bond acceptors (Lipinski definition) is 2. The SMILES string of the molecule is COc1ccc([C@@](C)(O)c2ccccc2)cc1.[C-]#[O+].[C-]#[O+].[C-]#[O+].[Cr]. The Bertz CT molecular complexity index is 587. The fourth-order valence-electron chi connectivity index (χ4n) is 1.84. The van der Waals surface area contributed by atoms with Crippen LogP contribution in [-0.2, 0) is 36.9 Å². The smallest absolute Gasteiger partial charge is 0 e. The fourth-order valence-corrected chi connectivity index (χ4v) is 1.84. The zero-order valence-electron chi connectivity index (χ0n) is 13.2. The van der Waals surface area contributed by atoms with Crippen LogP contribution >= 0.6 is 0 Å². The van der Waals surface area contributed by atoms with E-state index < -0.39 is 5.60 Å². The van der Waals surface area contributed by atoms with Gasteiger partial charge in [0.2, 0.25) is 0 Å². The monoisotopic (exact) mass is 364 g/mol. The Morgan fingerprint density at radius 2 is 1.17 bits per heavy atom. The normalized spacial score (nSPS) is 10.2. The molecule has 0 spiro atoms. The summed E-state index contributed by atoms with van der Waals surface area (Å²) in [6.45, 7) is 15.3. The fraction of sp³-hybridized carbons (Fsp3) is 0.167. The summed E-state index contributed by atoms with van der Waals surface area (Å²) in [5.74, 6) is 0.789. The van der Waals surface area contributed by atoms with Crippen LogP contribution in [0.5, 0.6) is 5.75 Å². The average molecular weight is 364 g/mol. The van der Waals surface area contributed by atoms with E-state index in [2.05, 4.69) is 20.0 Å². The molecular weight excluding hydrogens is 348 g/mol. The minimum atomic E-state index is -0.979. The Labute approximate surface area is 152 Å². The summed E-state index contributed by atoms with van der Waals surface area (Å²) in [5.41, 5.74) is 0.753. The van der Waals surface area contributed by atoms with Crippen molar-refractivity contribution in [2.24, 2.45) is 0 Å². The number of rotatable bonds is 3. The van der Waals surface area contributed by atoms with Crippen molar-refractivity contribution in [1.29, 1.82) is 0 Å². The second kappa shape index (κ2) is 15.8. The third kappa shape index (κ3) is 7.99. The number of aliphatic hydroxyl groups is 1. The van der Waals surface area contributed by atoms with Crippen molar-refractivity contribution >= 4 is 0 Å². The Morgan fingerprint density at radius 1 is 0.792 bits per heavy atom. The first-order valence-corrected chi connectivity index (χ1v) is 6.18. The topological polar surface area (TPSA) is 89.2 Å². The minimum absolute atomic E-state index is 0. The number of ether oxygens (including phenoxy) is 1. The van der Waals surface area contributed by atoms with Crippen LogP contribution in [0, 0.1) is 20.0 Å². The van der Waals surface area contributed by atoms with Gasteiger partial charge in [0.1, 0.15) is 11.4 Å². The molecule has 0 saturated carbocycles. The van der Waals surface area contributed by atoms with E-state index in [1.807, 2.05) is 54.6 Å². The minimum Gasteiger partial charge on any atom is 0 e. The summed E-state index contributed by atoms with van der Waals surface area (Å²) in [4.78, 5) is 0. The predicted octanol–water partition coefficient (Wildman–Crippen LogP) is 2.84. The van der Waals surface area contributed by atoms with E-state index >= 15 is 0 Å². The van der Waals surface area contributed by atoms with Gasteiger partial charge in [-0.05, 0) is 30.2 Å². The second-order valence-electron chi connectivity index (χ2n) is 4.17. The molecule has 0 fully saturated rings. The van der Waals surface area contributed by atoms with Crippen molar-refractivity contribution in [2.75, 3.05) is 7.11 Å². The largest absolute Gasteiger partial charge is 0 e. The molecule has 1 atom stereocenters. The molecule has 0 amide bonds. The van der Waals surface area contributed by atoms with Crippen LogP contribution in [-0.4, -0.2) is 12.2 Å². The molecule has 2 aromatic carbocycles. The van der Waals surface area contributed by atoms with Crippen LogP contribution in [0.4, 0.5) is 0 Å². The summed E-state index contributed by atoms with van der Waals surface area (Å²) in [6.07, 6.45) is 0. The van der Waals surface area contributed by atoms with Gasteiger partial charge in [-0.25, -0.2) is 0 Å². The van der Waals surface area contributed by atoms with E-state index in [1.54, 1.807) is 14.0 Å². The molecule has 0 saturated heterocycles. The van der Waals surface area contributed by atoms with Gasteiger partial charge in [0.05, 0.1) is 7.11 Å². The molecule has 6 heteroatoms. The number of benzene rings is 2. The first-order valence-electron chi connectivity index (χ1n) is 6.18. The Hall–Kier alpha value is -2.05. The van der Waals surface area contributed by atoms with Gasteiger partial charge in [-0.1, -0.05) is 42.5 Å². The van der Waals surface area contributed by atoms with Crippen molar-refractivity contribution in [1.82, 2.24) is 0 Å². The molecule has 5 nitrogen and oxygen atoms in total. The summed E-state index contributed by atoms with van der Waals surface area (Å²) >= 11 is 0. The van der Waals surface area contributed by atoms with Gasteiger partial charge < -0.3 is 9.84 Å². The van der Waals surface area contributed by atoms with E-state index in [1.165, 1.54) is 0 Å². The maximum Gasteiger partial charge on any atom is 0 e. The summed E-state index contributed by atoms with van der Waals surface area (Å²) in [7, 11) is 1.63. The van der Waals surface area contributed by atoms with Gasteiger partial charge in [-0.2, -0.15) is 0 Å². The zero-order chi connectivity index (χ0) is 18.3. The van der Waals surface area contributed by atoms with Crippen LogP contribution in [0.25, 0.3) is 0 Å². The van der Waals surface area contributed by atoms with Crippen molar-refractivity contribution < 1.29 is 41.2 Å². The summed E-state index contributed by atoms with van der Waals surface area (Å²) in [5, 5.41) is 10.6. The molecule has 0 aliphatic rings. The molecule has 0 heterocycles. The molecule has 0 aliphatic heterocycles. The van der Waals surface area contributed by atoms with Gasteiger partial charge in [0, 0.05) is 17.4 Å². The third-order valence-corrected chi connectivity index (χ3v) is 2.99. The van der Waals surface area contributed by atoms with Crippen LogP contribution < -0.4 is 4.74 Å². The van der Waals surface area contributed by atoms with Gasteiger partial charge in [0.15, 0.2) is 0 Å². The van der Waals surface area contributed by atoms with E-state index in [-0.39, 0.29) is 17.4 Å². The quantitative estimate of drug-likeness (QED) is 0.670. The van der Waals surface area contributed by atoms with Crippen LogP contribution in [0.15, 0.2) is 54.6 Å². The van der Waals surface area contributed by atoms with Gasteiger partial charge in [-0.3, -0.25) is 0 Å². The molecule has 0 aromatic heterocycles. The van der Waals surface area contributed by atoms with Crippen LogP contribution in [0.3, 0.4) is 0 Å². The molecule has 1 N–H and O–H groups in total. The van der Waals surface area contributed by atoms with Crippen molar-refractivity contribution in [2.45, 2.75) is 12.5 Å². The van der Waals surface area contributed by atoms with Crippen molar-refractivity contribution in [3.05, 3.63) is 85.7 Å². The molecule has 24 heavy (non-hydrogen) atoms. The van der Waals surface area contributed by atoms with E-state index in [9.17, 15) is 5.11 Å². The van der Waals surface area contributed by atoms with E-state index in [0.29, 0.717) is 0 Å². The molecule has 0 aliphatic carbocycles. The third-order valence-electron chi connectivity index (χ3n) is 2.99. The maximum absolute atomic E-state index is 10.6. The standard InChI is InChI=1S/C15H16O2.3CO.Cr/c1-15(16,12-6-4-3-5-7-12)13-8-10-14(17-2)11-9-13;3*1-2;/h3-11,16H,1-2H3;;;;/t15-;;;;/m0..../s1. The number of hydrogen-bond donors (Lipinski definition) is 1. The molecule has 0 radical (unpaired) electrons. The van der Waals surface area contributed by atoms with Crippen molar-refractivity contribution in [3.63, 3.8) is 0 Å². The Kier molecular flexibility index (Phi) is 17.7. The zero-order valence-corrected chi connectivity index (χ0v) is 14.5. The maximum atomic E-state index is 10.6. The van der Waals surface area contributed by atoms with Gasteiger partial charge >= 0.3 is 33.9 Å². The molecule has 0 unspecified atom stereocenters. The predicted molar refractivity (Wildman–Crippen MR) is 79.9 cm³/mol.